The molecule has 80 valence electrons. The van der Waals surface area contributed by atoms with Crippen LogP contribution in [0.4, 0.5) is 0 Å². The van der Waals surface area contributed by atoms with Crippen LogP contribution in [0, 0.1) is 13.8 Å². The van der Waals surface area contributed by atoms with E-state index in [0.717, 1.165) is 30.1 Å². The van der Waals surface area contributed by atoms with Gasteiger partial charge in [0.25, 0.3) is 0 Å². The predicted octanol–water partition coefficient (Wildman–Crippen LogP) is 2.04. The van der Waals surface area contributed by atoms with Gasteiger partial charge in [-0.3, -0.25) is 4.98 Å². The molecule has 0 aliphatic carbocycles. The minimum absolute atomic E-state index is 0.791. The van der Waals surface area contributed by atoms with Crippen LogP contribution in [-0.2, 0) is 13.1 Å². The van der Waals surface area contributed by atoms with E-state index in [4.69, 9.17) is 4.52 Å². The highest BCUT2D eigenvalue weighted by Gasteiger charge is 2.07. The molecular weight excluding hydrogens is 210 g/mol. The van der Waals surface area contributed by atoms with E-state index in [1.54, 1.807) is 11.3 Å². The molecule has 0 aromatic carbocycles. The normalized spacial score (nSPS) is 10.8. The zero-order chi connectivity index (χ0) is 10.7. The summed E-state index contributed by atoms with van der Waals surface area (Å²) < 4.78 is 5.08. The van der Waals surface area contributed by atoms with Crippen molar-refractivity contribution in [3.63, 3.8) is 0 Å². The fourth-order valence-electron chi connectivity index (χ4n) is 1.39. The van der Waals surface area contributed by atoms with Gasteiger partial charge >= 0.3 is 0 Å². The number of hydrogen-bond donors (Lipinski definition) is 1. The zero-order valence-electron chi connectivity index (χ0n) is 8.78. The highest BCUT2D eigenvalue weighted by atomic mass is 32.1. The van der Waals surface area contributed by atoms with Gasteiger partial charge in [-0.25, -0.2) is 0 Å². The maximum absolute atomic E-state index is 5.08. The molecule has 0 aliphatic rings. The van der Waals surface area contributed by atoms with Crippen molar-refractivity contribution in [3.8, 4) is 0 Å². The van der Waals surface area contributed by atoms with Gasteiger partial charge in [-0.1, -0.05) is 5.16 Å². The number of hydrogen-bond acceptors (Lipinski definition) is 5. The predicted molar refractivity (Wildman–Crippen MR) is 58.6 cm³/mol. The van der Waals surface area contributed by atoms with Gasteiger partial charge in [-0.2, -0.15) is 0 Å². The topological polar surface area (TPSA) is 51.0 Å². The molecule has 0 aliphatic heterocycles. The second kappa shape index (κ2) is 4.55. The second-order valence-corrected chi connectivity index (χ2v) is 4.34. The molecule has 0 radical (unpaired) electrons. The summed E-state index contributed by atoms with van der Waals surface area (Å²) in [7, 11) is 0. The van der Waals surface area contributed by atoms with Crippen molar-refractivity contribution in [1.82, 2.24) is 15.5 Å². The molecular formula is C10H13N3OS. The number of thiazole rings is 1. The summed E-state index contributed by atoms with van der Waals surface area (Å²) in [5.41, 5.74) is 3.95. The third-order valence-corrected chi connectivity index (χ3v) is 3.05. The van der Waals surface area contributed by atoms with Gasteiger partial charge in [0.2, 0.25) is 0 Å². The molecule has 2 heterocycles. The Morgan fingerprint density at radius 3 is 2.87 bits per heavy atom. The third-order valence-electron chi connectivity index (χ3n) is 2.27. The molecule has 0 bridgehead atoms. The Bertz CT molecular complexity index is 402. The lowest BCUT2D eigenvalue weighted by Gasteiger charge is -2.01. The molecule has 2 aromatic rings. The molecule has 0 spiro atoms. The minimum atomic E-state index is 0.791. The highest BCUT2D eigenvalue weighted by molar-refractivity contribution is 7.09. The van der Waals surface area contributed by atoms with Crippen LogP contribution in [0.3, 0.4) is 0 Å². The lowest BCUT2D eigenvalue weighted by molar-refractivity contribution is 0.392. The van der Waals surface area contributed by atoms with E-state index < -0.39 is 0 Å². The standard InChI is InChI=1S/C10H13N3OS/c1-7-10(8(2)14-13-7)5-11-3-9-4-12-6-15-9/h4,6,11H,3,5H2,1-2H3. The Morgan fingerprint density at radius 2 is 2.27 bits per heavy atom. The van der Waals surface area contributed by atoms with Crippen LogP contribution in [0.5, 0.6) is 0 Å². The lowest BCUT2D eigenvalue weighted by atomic mass is 10.2. The average Bonchev–Trinajstić information content (AvgIpc) is 2.82. The summed E-state index contributed by atoms with van der Waals surface area (Å²) in [6, 6.07) is 0. The highest BCUT2D eigenvalue weighted by Crippen LogP contribution is 2.12. The van der Waals surface area contributed by atoms with E-state index in [2.05, 4.69) is 15.5 Å². The summed E-state index contributed by atoms with van der Waals surface area (Å²) in [4.78, 5) is 5.26. The first-order chi connectivity index (χ1) is 7.27. The third kappa shape index (κ3) is 2.43. The van der Waals surface area contributed by atoms with E-state index in [1.807, 2.05) is 25.6 Å². The molecule has 2 rings (SSSR count). The molecule has 0 unspecified atom stereocenters. The number of aryl methyl sites for hydroxylation is 2. The smallest absolute Gasteiger partial charge is 0.138 e. The number of aromatic nitrogens is 2. The molecule has 0 saturated heterocycles. The summed E-state index contributed by atoms with van der Waals surface area (Å²) in [6.45, 7) is 5.53. The lowest BCUT2D eigenvalue weighted by Crippen LogP contribution is -2.12. The molecule has 4 nitrogen and oxygen atoms in total. The minimum Gasteiger partial charge on any atom is -0.361 e. The van der Waals surface area contributed by atoms with Gasteiger partial charge in [0.1, 0.15) is 5.76 Å². The Morgan fingerprint density at radius 1 is 1.40 bits per heavy atom. The molecule has 5 heteroatoms. The van der Waals surface area contributed by atoms with E-state index in [0.29, 0.717) is 0 Å². The van der Waals surface area contributed by atoms with Crippen LogP contribution in [0.15, 0.2) is 16.2 Å². The second-order valence-electron chi connectivity index (χ2n) is 3.37. The summed E-state index contributed by atoms with van der Waals surface area (Å²) in [5.74, 6) is 0.893. The van der Waals surface area contributed by atoms with Crippen LogP contribution in [-0.4, -0.2) is 10.1 Å². The monoisotopic (exact) mass is 223 g/mol. The fraction of sp³-hybridized carbons (Fsp3) is 0.400. The van der Waals surface area contributed by atoms with Crippen molar-refractivity contribution in [2.75, 3.05) is 0 Å². The first kappa shape index (κ1) is 10.3. The van der Waals surface area contributed by atoms with Crippen molar-refractivity contribution in [1.29, 1.82) is 0 Å². The van der Waals surface area contributed by atoms with Gasteiger partial charge in [-0.15, -0.1) is 11.3 Å². The van der Waals surface area contributed by atoms with Crippen LogP contribution >= 0.6 is 11.3 Å². The Balaban J connectivity index is 1.89. The van der Waals surface area contributed by atoms with Crippen LogP contribution < -0.4 is 5.32 Å². The quantitative estimate of drug-likeness (QED) is 0.861. The number of rotatable bonds is 4. The van der Waals surface area contributed by atoms with Gasteiger partial charge in [0.05, 0.1) is 11.2 Å². The molecule has 2 aromatic heterocycles. The zero-order valence-corrected chi connectivity index (χ0v) is 9.60. The summed E-state index contributed by atoms with van der Waals surface area (Å²) in [5, 5.41) is 7.25. The molecule has 15 heavy (non-hydrogen) atoms. The largest absolute Gasteiger partial charge is 0.361 e. The van der Waals surface area contributed by atoms with Crippen LogP contribution in [0.2, 0.25) is 0 Å². The van der Waals surface area contributed by atoms with Crippen molar-refractivity contribution in [2.24, 2.45) is 0 Å². The molecule has 1 N–H and O–H groups in total. The molecule has 0 fully saturated rings. The van der Waals surface area contributed by atoms with E-state index in [9.17, 15) is 0 Å². The summed E-state index contributed by atoms with van der Waals surface area (Å²) in [6.07, 6.45) is 1.88. The van der Waals surface area contributed by atoms with Crippen molar-refractivity contribution >= 4 is 11.3 Å². The van der Waals surface area contributed by atoms with Gasteiger partial charge in [0, 0.05) is 29.7 Å². The van der Waals surface area contributed by atoms with E-state index in [-0.39, 0.29) is 0 Å². The SMILES string of the molecule is Cc1noc(C)c1CNCc1cncs1. The molecule has 0 atom stereocenters. The summed E-state index contributed by atoms with van der Waals surface area (Å²) >= 11 is 1.66. The van der Waals surface area contributed by atoms with Crippen molar-refractivity contribution in [3.05, 3.63) is 33.6 Å². The Kier molecular flexibility index (Phi) is 3.13. The number of nitrogens with zero attached hydrogens (tertiary/aromatic N) is 2. The fourth-order valence-corrected chi connectivity index (χ4v) is 1.96. The van der Waals surface area contributed by atoms with Crippen LogP contribution in [0.1, 0.15) is 21.9 Å². The Hall–Kier alpha value is -1.20. The van der Waals surface area contributed by atoms with Crippen molar-refractivity contribution in [2.45, 2.75) is 26.9 Å². The van der Waals surface area contributed by atoms with Gasteiger partial charge in [-0.05, 0) is 13.8 Å². The van der Waals surface area contributed by atoms with Crippen LogP contribution in [0.25, 0.3) is 0 Å². The maximum Gasteiger partial charge on any atom is 0.138 e. The van der Waals surface area contributed by atoms with Gasteiger partial charge in [0.15, 0.2) is 0 Å². The van der Waals surface area contributed by atoms with E-state index >= 15 is 0 Å². The Labute approximate surface area is 92.3 Å². The molecule has 0 amide bonds. The maximum atomic E-state index is 5.08. The van der Waals surface area contributed by atoms with Gasteiger partial charge < -0.3 is 9.84 Å². The molecule has 0 saturated carbocycles. The first-order valence-corrected chi connectivity index (χ1v) is 5.65. The first-order valence-electron chi connectivity index (χ1n) is 4.77. The average molecular weight is 223 g/mol. The van der Waals surface area contributed by atoms with Crippen molar-refractivity contribution < 1.29 is 4.52 Å². The van der Waals surface area contributed by atoms with E-state index in [1.165, 1.54) is 4.88 Å². The number of nitrogens with one attached hydrogen (secondary N) is 1.